The summed E-state index contributed by atoms with van der Waals surface area (Å²) in [7, 11) is 1.62. The summed E-state index contributed by atoms with van der Waals surface area (Å²) in [6.45, 7) is 2.75. The lowest BCUT2D eigenvalue weighted by Crippen LogP contribution is -1.99. The van der Waals surface area contributed by atoms with Crippen molar-refractivity contribution in [1.29, 1.82) is 0 Å². The fourth-order valence-electron chi connectivity index (χ4n) is 1.86. The predicted octanol–water partition coefficient (Wildman–Crippen LogP) is 2.29. The number of ether oxygens (including phenoxy) is 2. The Hall–Kier alpha value is -2.51. The van der Waals surface area contributed by atoms with Crippen LogP contribution >= 0.6 is 0 Å². The summed E-state index contributed by atoms with van der Waals surface area (Å²) in [5.41, 5.74) is 8.31. The number of rotatable bonds is 4. The van der Waals surface area contributed by atoms with Crippen molar-refractivity contribution in [3.63, 3.8) is 0 Å². The summed E-state index contributed by atoms with van der Waals surface area (Å²) in [6.07, 6.45) is 3.61. The number of aromatic nitrogens is 1. The first-order valence-electron chi connectivity index (χ1n) is 6.63. The molecule has 1 heterocycles. The highest BCUT2D eigenvalue weighted by Gasteiger charge is 2.05. The van der Waals surface area contributed by atoms with Crippen LogP contribution in [0.1, 0.15) is 16.7 Å². The van der Waals surface area contributed by atoms with Crippen LogP contribution in [-0.4, -0.2) is 18.6 Å². The molecule has 108 valence electrons. The molecule has 0 spiro atoms. The van der Waals surface area contributed by atoms with Crippen molar-refractivity contribution >= 4 is 0 Å². The third-order valence-electron chi connectivity index (χ3n) is 2.84. The van der Waals surface area contributed by atoms with Crippen molar-refractivity contribution in [3.05, 3.63) is 53.3 Å². The number of nitrogens with zero attached hydrogens (tertiary/aromatic N) is 1. The summed E-state index contributed by atoms with van der Waals surface area (Å²) in [5.74, 6) is 7.28. The summed E-state index contributed by atoms with van der Waals surface area (Å²) < 4.78 is 11.0. The Labute approximate surface area is 124 Å². The molecule has 0 fully saturated rings. The quantitative estimate of drug-likeness (QED) is 0.874. The Morgan fingerprint density at radius 1 is 1.24 bits per heavy atom. The molecule has 2 rings (SSSR count). The van der Waals surface area contributed by atoms with Gasteiger partial charge in [0.15, 0.2) is 0 Å². The molecule has 2 N–H and O–H groups in total. The lowest BCUT2D eigenvalue weighted by atomic mass is 10.2. The van der Waals surface area contributed by atoms with Gasteiger partial charge in [0, 0.05) is 18.0 Å². The van der Waals surface area contributed by atoms with Gasteiger partial charge in [0.25, 0.3) is 0 Å². The average Bonchev–Trinajstić information content (AvgIpc) is 2.51. The lowest BCUT2D eigenvalue weighted by Gasteiger charge is -2.10. The molecular formula is C17H18N2O2. The average molecular weight is 282 g/mol. The van der Waals surface area contributed by atoms with Gasteiger partial charge in [-0.25, -0.2) is 0 Å². The summed E-state index contributed by atoms with van der Waals surface area (Å²) in [5, 5.41) is 0. The molecule has 4 heteroatoms. The molecular weight excluding hydrogens is 264 g/mol. The van der Waals surface area contributed by atoms with Crippen molar-refractivity contribution in [1.82, 2.24) is 4.98 Å². The predicted molar refractivity (Wildman–Crippen MR) is 82.2 cm³/mol. The van der Waals surface area contributed by atoms with Gasteiger partial charge >= 0.3 is 0 Å². The summed E-state index contributed by atoms with van der Waals surface area (Å²) in [4.78, 5) is 4.15. The summed E-state index contributed by atoms with van der Waals surface area (Å²) >= 11 is 0. The van der Waals surface area contributed by atoms with E-state index in [9.17, 15) is 0 Å². The van der Waals surface area contributed by atoms with Crippen molar-refractivity contribution in [2.45, 2.75) is 13.5 Å². The SMILES string of the molecule is COc1ccc(OCc2cncc(C)c2)c(C#CCN)c1. The molecule has 0 aliphatic heterocycles. The van der Waals surface area contributed by atoms with Crippen LogP contribution in [-0.2, 0) is 6.61 Å². The first-order chi connectivity index (χ1) is 10.2. The van der Waals surface area contributed by atoms with E-state index in [4.69, 9.17) is 15.2 Å². The standard InChI is InChI=1S/C17H18N2O2/c1-13-8-14(11-19-10-13)12-21-17-6-5-16(20-2)9-15(17)4-3-7-18/h5-6,8-11H,7,12,18H2,1-2H3. The van der Waals surface area contributed by atoms with Crippen LogP contribution in [0.3, 0.4) is 0 Å². The minimum atomic E-state index is 0.304. The Balaban J connectivity index is 2.18. The number of nitrogens with two attached hydrogens (primary N) is 1. The van der Waals surface area contributed by atoms with E-state index in [1.54, 1.807) is 13.3 Å². The van der Waals surface area contributed by atoms with Gasteiger partial charge in [-0.1, -0.05) is 11.8 Å². The zero-order chi connectivity index (χ0) is 15.1. The van der Waals surface area contributed by atoms with Crippen LogP contribution < -0.4 is 15.2 Å². The van der Waals surface area contributed by atoms with Crippen LogP contribution in [0.2, 0.25) is 0 Å². The number of aryl methyl sites for hydroxylation is 1. The molecule has 21 heavy (non-hydrogen) atoms. The normalized spacial score (nSPS) is 9.67. The zero-order valence-electron chi connectivity index (χ0n) is 12.2. The molecule has 0 amide bonds. The largest absolute Gasteiger partial charge is 0.497 e. The molecule has 0 unspecified atom stereocenters. The number of hydrogen-bond donors (Lipinski definition) is 1. The van der Waals surface area contributed by atoms with Gasteiger partial charge in [0.2, 0.25) is 0 Å². The van der Waals surface area contributed by atoms with E-state index in [-0.39, 0.29) is 0 Å². The Kier molecular flexibility index (Phi) is 5.19. The van der Waals surface area contributed by atoms with E-state index < -0.39 is 0 Å². The van der Waals surface area contributed by atoms with Gasteiger partial charge in [-0.2, -0.15) is 0 Å². The summed E-state index contributed by atoms with van der Waals surface area (Å²) in [6, 6.07) is 7.58. The molecule has 2 aromatic rings. The number of benzene rings is 1. The molecule has 0 saturated carbocycles. The lowest BCUT2D eigenvalue weighted by molar-refractivity contribution is 0.304. The molecule has 0 aliphatic carbocycles. The van der Waals surface area contributed by atoms with Crippen LogP contribution in [0.5, 0.6) is 11.5 Å². The molecule has 0 saturated heterocycles. The van der Waals surface area contributed by atoms with Gasteiger partial charge in [-0.3, -0.25) is 4.98 Å². The van der Waals surface area contributed by atoms with Crippen LogP contribution in [0.15, 0.2) is 36.7 Å². The second-order valence-electron chi connectivity index (χ2n) is 4.53. The molecule has 0 aliphatic rings. The van der Waals surface area contributed by atoms with E-state index in [2.05, 4.69) is 16.8 Å². The Morgan fingerprint density at radius 3 is 2.81 bits per heavy atom. The fraction of sp³-hybridized carbons (Fsp3) is 0.235. The first-order valence-corrected chi connectivity index (χ1v) is 6.63. The third kappa shape index (κ3) is 4.23. The van der Waals surface area contributed by atoms with E-state index in [0.29, 0.717) is 18.9 Å². The Bertz CT molecular complexity index is 672. The van der Waals surface area contributed by atoms with E-state index in [0.717, 1.165) is 22.4 Å². The second kappa shape index (κ2) is 7.32. The number of hydrogen-bond acceptors (Lipinski definition) is 4. The van der Waals surface area contributed by atoms with Crippen molar-refractivity contribution in [2.24, 2.45) is 5.73 Å². The van der Waals surface area contributed by atoms with Gasteiger partial charge < -0.3 is 15.2 Å². The van der Waals surface area contributed by atoms with Gasteiger partial charge in [-0.15, -0.1) is 0 Å². The van der Waals surface area contributed by atoms with Crippen molar-refractivity contribution in [2.75, 3.05) is 13.7 Å². The van der Waals surface area contributed by atoms with Gasteiger partial charge in [-0.05, 0) is 36.8 Å². The second-order valence-corrected chi connectivity index (χ2v) is 4.53. The maximum absolute atomic E-state index is 5.84. The highest BCUT2D eigenvalue weighted by molar-refractivity contribution is 5.50. The van der Waals surface area contributed by atoms with Crippen molar-refractivity contribution in [3.8, 4) is 23.3 Å². The number of methoxy groups -OCH3 is 1. The molecule has 0 bridgehead atoms. The highest BCUT2D eigenvalue weighted by atomic mass is 16.5. The maximum Gasteiger partial charge on any atom is 0.135 e. The number of pyridine rings is 1. The minimum absolute atomic E-state index is 0.304. The first kappa shape index (κ1) is 14.9. The maximum atomic E-state index is 5.84. The van der Waals surface area contributed by atoms with Crippen LogP contribution in [0.25, 0.3) is 0 Å². The van der Waals surface area contributed by atoms with E-state index in [1.165, 1.54) is 0 Å². The molecule has 0 radical (unpaired) electrons. The molecule has 1 aromatic heterocycles. The Morgan fingerprint density at radius 2 is 2.10 bits per heavy atom. The van der Waals surface area contributed by atoms with Crippen molar-refractivity contribution < 1.29 is 9.47 Å². The van der Waals surface area contributed by atoms with Crippen LogP contribution in [0.4, 0.5) is 0 Å². The molecule has 0 atom stereocenters. The highest BCUT2D eigenvalue weighted by Crippen LogP contribution is 2.24. The third-order valence-corrected chi connectivity index (χ3v) is 2.84. The topological polar surface area (TPSA) is 57.4 Å². The minimum Gasteiger partial charge on any atom is -0.497 e. The van der Waals surface area contributed by atoms with E-state index >= 15 is 0 Å². The van der Waals surface area contributed by atoms with Crippen LogP contribution in [0, 0.1) is 18.8 Å². The molecule has 4 nitrogen and oxygen atoms in total. The van der Waals surface area contributed by atoms with Gasteiger partial charge in [0.1, 0.15) is 18.1 Å². The molecule has 1 aromatic carbocycles. The smallest absolute Gasteiger partial charge is 0.135 e. The van der Waals surface area contributed by atoms with Gasteiger partial charge in [0.05, 0.1) is 19.2 Å². The monoisotopic (exact) mass is 282 g/mol. The zero-order valence-corrected chi connectivity index (χ0v) is 12.2. The van der Waals surface area contributed by atoms with E-state index in [1.807, 2.05) is 37.4 Å². The fourth-order valence-corrected chi connectivity index (χ4v) is 1.86.